The van der Waals surface area contributed by atoms with Gasteiger partial charge in [-0.25, -0.2) is 8.42 Å². The Kier molecular flexibility index (Phi) is 21.5. The Morgan fingerprint density at radius 3 is 1.50 bits per heavy atom. The van der Waals surface area contributed by atoms with Crippen molar-refractivity contribution in [3.8, 4) is 0 Å². The minimum atomic E-state index is -4.17. The van der Waals surface area contributed by atoms with E-state index in [1.54, 1.807) is 0 Å². The number of hydrogen-bond acceptors (Lipinski definition) is 4. The summed E-state index contributed by atoms with van der Waals surface area (Å²) in [5, 5.41) is 8.79. The van der Waals surface area contributed by atoms with Crippen molar-refractivity contribution in [2.45, 2.75) is 128 Å². The number of hydrogen-bond donors (Lipinski definition) is 1. The summed E-state index contributed by atoms with van der Waals surface area (Å²) in [6.45, 7) is 4.18. The molecular formula is C20H41NaO4S. The predicted octanol–water partition coefficient (Wildman–Crippen LogP) is 2.55. The van der Waals surface area contributed by atoms with Crippen molar-refractivity contribution in [1.82, 2.24) is 0 Å². The zero-order valence-electron chi connectivity index (χ0n) is 17.5. The van der Waals surface area contributed by atoms with Gasteiger partial charge in [-0.3, -0.25) is 0 Å². The largest absolute Gasteiger partial charge is 1.00 e. The van der Waals surface area contributed by atoms with Gasteiger partial charge in [0.25, 0.3) is 0 Å². The Bertz CT molecular complexity index is 387. The van der Waals surface area contributed by atoms with Crippen LogP contribution in [0.3, 0.4) is 0 Å². The quantitative estimate of drug-likeness (QED) is 0.218. The van der Waals surface area contributed by atoms with E-state index in [9.17, 15) is 18.1 Å². The van der Waals surface area contributed by atoms with E-state index >= 15 is 0 Å². The second-order valence-corrected chi connectivity index (χ2v) is 9.08. The standard InChI is InChI=1S/C20H42O4S.Na/c1-3-5-6-7-8-9-10-14-17-20(25(22,23)24)18-15-12-11-13-16-19(21)4-2;/h19-21H,3-18H2,1-2H3,(H,22,23,24);/q;+1/p-1. The summed E-state index contributed by atoms with van der Waals surface area (Å²) >= 11 is 0. The van der Waals surface area contributed by atoms with Gasteiger partial charge in [0, 0.05) is 5.25 Å². The summed E-state index contributed by atoms with van der Waals surface area (Å²) < 4.78 is 34.3. The molecule has 0 aliphatic heterocycles. The zero-order valence-corrected chi connectivity index (χ0v) is 20.4. The van der Waals surface area contributed by atoms with Crippen LogP contribution in [-0.2, 0) is 10.1 Å². The fourth-order valence-corrected chi connectivity index (χ4v) is 4.16. The van der Waals surface area contributed by atoms with Gasteiger partial charge in [-0.2, -0.15) is 0 Å². The van der Waals surface area contributed by atoms with Gasteiger partial charge in [-0.15, -0.1) is 0 Å². The first-order valence-corrected chi connectivity index (χ1v) is 12.0. The van der Waals surface area contributed by atoms with E-state index in [1.807, 2.05) is 6.92 Å². The molecule has 0 saturated carbocycles. The molecule has 0 radical (unpaired) electrons. The minimum Gasteiger partial charge on any atom is -0.748 e. The van der Waals surface area contributed by atoms with Gasteiger partial charge < -0.3 is 9.66 Å². The number of aliphatic hydroxyl groups is 1. The van der Waals surface area contributed by atoms with Crippen molar-refractivity contribution in [2.75, 3.05) is 0 Å². The second-order valence-electron chi connectivity index (χ2n) is 7.43. The van der Waals surface area contributed by atoms with Crippen LogP contribution < -0.4 is 29.6 Å². The van der Waals surface area contributed by atoms with Crippen LogP contribution in [0.1, 0.15) is 117 Å². The predicted molar refractivity (Wildman–Crippen MR) is 105 cm³/mol. The summed E-state index contributed by atoms with van der Waals surface area (Å²) in [7, 11) is -4.17. The van der Waals surface area contributed by atoms with Crippen LogP contribution in [0.15, 0.2) is 0 Å². The Labute approximate surface area is 185 Å². The van der Waals surface area contributed by atoms with Crippen LogP contribution in [0.2, 0.25) is 0 Å². The van der Waals surface area contributed by atoms with Gasteiger partial charge in [0.15, 0.2) is 0 Å². The van der Waals surface area contributed by atoms with Crippen LogP contribution in [0.4, 0.5) is 0 Å². The van der Waals surface area contributed by atoms with Gasteiger partial charge in [0.05, 0.1) is 16.2 Å². The number of unbranched alkanes of at least 4 members (excludes halogenated alkanes) is 10. The Balaban J connectivity index is 0. The maximum atomic E-state index is 11.4. The van der Waals surface area contributed by atoms with Crippen molar-refractivity contribution >= 4 is 10.1 Å². The van der Waals surface area contributed by atoms with Crippen LogP contribution in [-0.4, -0.2) is 29.4 Å². The molecule has 6 heteroatoms. The van der Waals surface area contributed by atoms with Crippen molar-refractivity contribution in [3.63, 3.8) is 0 Å². The Morgan fingerprint density at radius 1 is 0.731 bits per heavy atom. The first-order valence-electron chi connectivity index (χ1n) is 10.5. The molecule has 2 unspecified atom stereocenters. The van der Waals surface area contributed by atoms with E-state index < -0.39 is 15.4 Å². The second kappa shape index (κ2) is 19.2. The summed E-state index contributed by atoms with van der Waals surface area (Å²) in [5.41, 5.74) is 0. The molecule has 0 heterocycles. The molecule has 4 nitrogen and oxygen atoms in total. The van der Waals surface area contributed by atoms with Gasteiger partial charge >= 0.3 is 29.6 Å². The summed E-state index contributed by atoms with van der Waals surface area (Å²) in [6.07, 6.45) is 15.5. The average molecular weight is 401 g/mol. The Hall–Kier alpha value is 0.870. The van der Waals surface area contributed by atoms with Crippen molar-refractivity contribution in [3.05, 3.63) is 0 Å². The fraction of sp³-hybridized carbons (Fsp3) is 1.00. The molecule has 0 fully saturated rings. The molecule has 26 heavy (non-hydrogen) atoms. The third-order valence-electron chi connectivity index (χ3n) is 5.07. The molecule has 0 aromatic rings. The third-order valence-corrected chi connectivity index (χ3v) is 6.36. The molecular weight excluding hydrogens is 359 g/mol. The van der Waals surface area contributed by atoms with Crippen LogP contribution >= 0.6 is 0 Å². The normalized spacial score (nSPS) is 14.0. The molecule has 0 aromatic heterocycles. The van der Waals surface area contributed by atoms with E-state index in [2.05, 4.69) is 6.92 Å². The Morgan fingerprint density at radius 2 is 1.12 bits per heavy atom. The topological polar surface area (TPSA) is 77.4 Å². The summed E-state index contributed by atoms with van der Waals surface area (Å²) in [5.74, 6) is 0. The SMILES string of the molecule is CCCCCCCCCCC(CCCCCCC(O)CC)S(=O)(=O)[O-].[Na+]. The number of aliphatic hydroxyl groups excluding tert-OH is 1. The third kappa shape index (κ3) is 18.2. The smallest absolute Gasteiger partial charge is 0.748 e. The molecule has 0 bridgehead atoms. The van der Waals surface area contributed by atoms with Gasteiger partial charge in [0.1, 0.15) is 0 Å². The van der Waals surface area contributed by atoms with Crippen molar-refractivity contribution in [1.29, 1.82) is 0 Å². The fourth-order valence-electron chi connectivity index (χ4n) is 3.25. The van der Waals surface area contributed by atoms with E-state index in [0.717, 1.165) is 57.8 Å². The molecule has 152 valence electrons. The molecule has 0 aliphatic rings. The zero-order chi connectivity index (χ0) is 19.0. The summed E-state index contributed by atoms with van der Waals surface area (Å²) in [6, 6.07) is 0. The monoisotopic (exact) mass is 400 g/mol. The molecule has 0 spiro atoms. The molecule has 2 atom stereocenters. The van der Waals surface area contributed by atoms with Crippen molar-refractivity contribution in [2.24, 2.45) is 0 Å². The van der Waals surface area contributed by atoms with Gasteiger partial charge in [0.2, 0.25) is 0 Å². The van der Waals surface area contributed by atoms with Gasteiger partial charge in [-0.05, 0) is 25.7 Å². The van der Waals surface area contributed by atoms with E-state index in [1.165, 1.54) is 32.1 Å². The molecule has 1 N–H and O–H groups in total. The van der Waals surface area contributed by atoms with Crippen LogP contribution in [0.5, 0.6) is 0 Å². The summed E-state index contributed by atoms with van der Waals surface area (Å²) in [4.78, 5) is 0. The minimum absolute atomic E-state index is 0. The van der Waals surface area contributed by atoms with Gasteiger partial charge in [-0.1, -0.05) is 90.9 Å². The molecule has 0 aromatic carbocycles. The molecule has 0 saturated heterocycles. The number of rotatable bonds is 18. The van der Waals surface area contributed by atoms with E-state index in [0.29, 0.717) is 12.8 Å². The maximum absolute atomic E-state index is 11.4. The van der Waals surface area contributed by atoms with Crippen molar-refractivity contribution < 1.29 is 47.6 Å². The van der Waals surface area contributed by atoms with Crippen LogP contribution in [0, 0.1) is 0 Å². The average Bonchev–Trinajstić information content (AvgIpc) is 2.56. The maximum Gasteiger partial charge on any atom is 1.00 e. The van der Waals surface area contributed by atoms with E-state index in [-0.39, 0.29) is 35.7 Å². The first kappa shape index (κ1) is 29.1. The molecule has 0 aliphatic carbocycles. The first-order chi connectivity index (χ1) is 11.9. The van der Waals surface area contributed by atoms with Crippen LogP contribution in [0.25, 0.3) is 0 Å². The van der Waals surface area contributed by atoms with E-state index in [4.69, 9.17) is 0 Å². The molecule has 0 amide bonds. The molecule has 0 rings (SSSR count).